The van der Waals surface area contributed by atoms with Gasteiger partial charge in [-0.05, 0) is 19.1 Å². The zero-order chi connectivity index (χ0) is 14.4. The highest BCUT2D eigenvalue weighted by atomic mass is 16.6. The molecule has 0 aliphatic carbocycles. The van der Waals surface area contributed by atoms with Gasteiger partial charge < -0.3 is 19.9 Å². The number of carbonyl (C=O) groups is 2. The summed E-state index contributed by atoms with van der Waals surface area (Å²) in [5, 5.41) is 2.79. The molecule has 1 aliphatic heterocycles. The smallest absolute Gasteiger partial charge is 0.409 e. The summed E-state index contributed by atoms with van der Waals surface area (Å²) < 4.78 is 4.93. The third kappa shape index (κ3) is 3.59. The van der Waals surface area contributed by atoms with Crippen molar-refractivity contribution in [2.24, 2.45) is 0 Å². The van der Waals surface area contributed by atoms with Crippen molar-refractivity contribution in [2.75, 3.05) is 38.1 Å². The van der Waals surface area contributed by atoms with Gasteiger partial charge in [-0.2, -0.15) is 0 Å². The molecule has 1 aromatic rings. The number of nitrogens with one attached hydrogen (secondary N) is 1. The number of hydrogen-bond acceptors (Lipinski definition) is 4. The largest absolute Gasteiger partial charge is 0.450 e. The van der Waals surface area contributed by atoms with Crippen LogP contribution in [0, 0.1) is 0 Å². The van der Waals surface area contributed by atoms with Crippen LogP contribution in [0.2, 0.25) is 0 Å². The van der Waals surface area contributed by atoms with Crippen molar-refractivity contribution in [1.29, 1.82) is 0 Å². The predicted molar refractivity (Wildman–Crippen MR) is 73.4 cm³/mol. The number of ether oxygens (including phenoxy) is 1. The third-order valence-corrected chi connectivity index (χ3v) is 3.02. The van der Waals surface area contributed by atoms with Gasteiger partial charge in [0.1, 0.15) is 0 Å². The zero-order valence-electron chi connectivity index (χ0n) is 11.4. The van der Waals surface area contributed by atoms with Crippen LogP contribution >= 0.6 is 0 Å². The average Bonchev–Trinajstić information content (AvgIpc) is 2.48. The summed E-state index contributed by atoms with van der Waals surface area (Å²) in [7, 11) is 0. The standard InChI is InChI=1S/C13H18N4O3/c1-2-20-13(19)17-9-7-16(8-10-17)12(18)15-11-3-5-14-6-4-11/h3-6H,2,7-10H2,1H3,(H,14,15,18). The number of nitrogens with zero attached hydrogens (tertiary/aromatic N) is 3. The molecule has 1 aliphatic rings. The molecular formula is C13H18N4O3. The quantitative estimate of drug-likeness (QED) is 0.887. The van der Waals surface area contributed by atoms with Crippen molar-refractivity contribution in [3.05, 3.63) is 24.5 Å². The van der Waals surface area contributed by atoms with Gasteiger partial charge in [0.2, 0.25) is 0 Å². The van der Waals surface area contributed by atoms with E-state index in [0.717, 1.165) is 0 Å². The van der Waals surface area contributed by atoms with Crippen molar-refractivity contribution in [3.8, 4) is 0 Å². The van der Waals surface area contributed by atoms with Crippen LogP contribution in [-0.4, -0.2) is 59.7 Å². The molecule has 0 saturated carbocycles. The van der Waals surface area contributed by atoms with Gasteiger partial charge in [-0.25, -0.2) is 9.59 Å². The Morgan fingerprint density at radius 3 is 2.40 bits per heavy atom. The SMILES string of the molecule is CCOC(=O)N1CCN(C(=O)Nc2ccncc2)CC1. The Morgan fingerprint density at radius 1 is 1.20 bits per heavy atom. The highest BCUT2D eigenvalue weighted by Gasteiger charge is 2.24. The second kappa shape index (κ2) is 6.74. The van der Waals surface area contributed by atoms with E-state index in [1.165, 1.54) is 0 Å². The molecule has 20 heavy (non-hydrogen) atoms. The number of carbonyl (C=O) groups excluding carboxylic acids is 2. The summed E-state index contributed by atoms with van der Waals surface area (Å²) >= 11 is 0. The number of amides is 3. The molecule has 0 bridgehead atoms. The molecule has 0 spiro atoms. The van der Waals surface area contributed by atoms with E-state index >= 15 is 0 Å². The van der Waals surface area contributed by atoms with Gasteiger partial charge >= 0.3 is 12.1 Å². The van der Waals surface area contributed by atoms with E-state index in [9.17, 15) is 9.59 Å². The van der Waals surface area contributed by atoms with E-state index in [1.54, 1.807) is 41.2 Å². The maximum absolute atomic E-state index is 12.0. The molecule has 1 saturated heterocycles. The second-order valence-corrected chi connectivity index (χ2v) is 4.34. The van der Waals surface area contributed by atoms with Gasteiger partial charge in [-0.15, -0.1) is 0 Å². The lowest BCUT2D eigenvalue weighted by molar-refractivity contribution is 0.0868. The lowest BCUT2D eigenvalue weighted by Crippen LogP contribution is -2.51. The molecule has 1 N–H and O–H groups in total. The predicted octanol–water partition coefficient (Wildman–Crippen LogP) is 1.39. The topological polar surface area (TPSA) is 74.8 Å². The van der Waals surface area contributed by atoms with Crippen LogP contribution in [0.25, 0.3) is 0 Å². The van der Waals surface area contributed by atoms with Crippen molar-refractivity contribution < 1.29 is 14.3 Å². The maximum Gasteiger partial charge on any atom is 0.409 e. The molecule has 1 fully saturated rings. The van der Waals surface area contributed by atoms with Gasteiger partial charge in [0, 0.05) is 44.3 Å². The fraction of sp³-hybridized carbons (Fsp3) is 0.462. The van der Waals surface area contributed by atoms with Crippen LogP contribution < -0.4 is 5.32 Å². The molecule has 0 radical (unpaired) electrons. The van der Waals surface area contributed by atoms with E-state index in [-0.39, 0.29) is 12.1 Å². The molecule has 0 unspecified atom stereocenters. The van der Waals surface area contributed by atoms with Gasteiger partial charge in [0.25, 0.3) is 0 Å². The Morgan fingerprint density at radius 2 is 1.80 bits per heavy atom. The Balaban J connectivity index is 1.81. The van der Waals surface area contributed by atoms with Crippen LogP contribution in [0.3, 0.4) is 0 Å². The zero-order valence-corrected chi connectivity index (χ0v) is 11.4. The first-order valence-corrected chi connectivity index (χ1v) is 6.58. The minimum atomic E-state index is -0.318. The summed E-state index contributed by atoms with van der Waals surface area (Å²) in [6.07, 6.45) is 2.92. The van der Waals surface area contributed by atoms with Crippen molar-refractivity contribution in [2.45, 2.75) is 6.92 Å². The molecule has 1 aromatic heterocycles. The summed E-state index contributed by atoms with van der Waals surface area (Å²) in [6, 6.07) is 3.29. The van der Waals surface area contributed by atoms with E-state index < -0.39 is 0 Å². The number of piperazine rings is 1. The van der Waals surface area contributed by atoms with E-state index in [0.29, 0.717) is 38.5 Å². The molecule has 0 aromatic carbocycles. The Hall–Kier alpha value is -2.31. The lowest BCUT2D eigenvalue weighted by Gasteiger charge is -2.33. The van der Waals surface area contributed by atoms with Gasteiger partial charge in [0.05, 0.1) is 6.61 Å². The first kappa shape index (κ1) is 14.1. The number of rotatable bonds is 2. The monoisotopic (exact) mass is 278 g/mol. The second-order valence-electron chi connectivity index (χ2n) is 4.34. The maximum atomic E-state index is 12.0. The normalized spacial score (nSPS) is 14.8. The van der Waals surface area contributed by atoms with Crippen LogP contribution in [0.4, 0.5) is 15.3 Å². The van der Waals surface area contributed by atoms with Gasteiger partial charge in [-0.1, -0.05) is 0 Å². The molecule has 0 atom stereocenters. The highest BCUT2D eigenvalue weighted by Crippen LogP contribution is 2.08. The van der Waals surface area contributed by atoms with Crippen molar-refractivity contribution >= 4 is 17.8 Å². The van der Waals surface area contributed by atoms with Gasteiger partial charge in [-0.3, -0.25) is 4.98 Å². The number of pyridine rings is 1. The minimum Gasteiger partial charge on any atom is -0.450 e. The average molecular weight is 278 g/mol. The minimum absolute atomic E-state index is 0.167. The van der Waals surface area contributed by atoms with Gasteiger partial charge in [0.15, 0.2) is 0 Å². The molecule has 108 valence electrons. The summed E-state index contributed by atoms with van der Waals surface area (Å²) in [5.41, 5.74) is 0.706. The Kier molecular flexibility index (Phi) is 4.75. The lowest BCUT2D eigenvalue weighted by atomic mass is 10.3. The third-order valence-electron chi connectivity index (χ3n) is 3.02. The van der Waals surface area contributed by atoms with Crippen LogP contribution in [-0.2, 0) is 4.74 Å². The number of urea groups is 1. The molecule has 7 nitrogen and oxygen atoms in total. The fourth-order valence-corrected chi connectivity index (χ4v) is 1.94. The molecule has 7 heteroatoms. The summed E-state index contributed by atoms with van der Waals surface area (Å²) in [5.74, 6) is 0. The summed E-state index contributed by atoms with van der Waals surface area (Å²) in [6.45, 7) is 4.11. The van der Waals surface area contributed by atoms with E-state index in [2.05, 4.69) is 10.3 Å². The van der Waals surface area contributed by atoms with Crippen LogP contribution in [0.5, 0.6) is 0 Å². The van der Waals surface area contributed by atoms with Crippen LogP contribution in [0.15, 0.2) is 24.5 Å². The van der Waals surface area contributed by atoms with E-state index in [4.69, 9.17) is 4.74 Å². The molecule has 3 amide bonds. The number of anilines is 1. The fourth-order valence-electron chi connectivity index (χ4n) is 1.94. The highest BCUT2D eigenvalue weighted by molar-refractivity contribution is 5.89. The van der Waals surface area contributed by atoms with Crippen LogP contribution in [0.1, 0.15) is 6.92 Å². The first-order valence-electron chi connectivity index (χ1n) is 6.58. The van der Waals surface area contributed by atoms with E-state index in [1.807, 2.05) is 0 Å². The molecular weight excluding hydrogens is 260 g/mol. The molecule has 2 heterocycles. The Bertz CT molecular complexity index is 458. The Labute approximate surface area is 117 Å². The summed E-state index contributed by atoms with van der Waals surface area (Å²) in [4.78, 5) is 30.7. The number of aromatic nitrogens is 1. The van der Waals surface area contributed by atoms with Crippen molar-refractivity contribution in [1.82, 2.24) is 14.8 Å². The first-order chi connectivity index (χ1) is 9.70. The van der Waals surface area contributed by atoms with Crippen molar-refractivity contribution in [3.63, 3.8) is 0 Å². The number of hydrogen-bond donors (Lipinski definition) is 1. The molecule has 2 rings (SSSR count).